The first kappa shape index (κ1) is 22.0. The fourth-order valence-electron chi connectivity index (χ4n) is 3.12. The van der Waals surface area contributed by atoms with E-state index in [0.29, 0.717) is 17.1 Å². The van der Waals surface area contributed by atoms with Crippen LogP contribution in [0.1, 0.15) is 12.2 Å². The Morgan fingerprint density at radius 2 is 1.80 bits per heavy atom. The fourth-order valence-corrected chi connectivity index (χ4v) is 3.94. The molecule has 0 radical (unpaired) electrons. The highest BCUT2D eigenvalue weighted by molar-refractivity contribution is 7.88. The summed E-state index contributed by atoms with van der Waals surface area (Å²) in [5.41, 5.74) is 0.341. The molecule has 3 rings (SSSR count). The Balaban J connectivity index is 1.41. The van der Waals surface area contributed by atoms with E-state index in [-0.39, 0.29) is 44.9 Å². The molecule has 0 unspecified atom stereocenters. The molecule has 10 heteroatoms. The summed E-state index contributed by atoms with van der Waals surface area (Å²) < 4.78 is 48.7. The molecule has 1 aliphatic heterocycles. The Labute approximate surface area is 174 Å². The lowest BCUT2D eigenvalue weighted by Crippen LogP contribution is -2.51. The maximum atomic E-state index is 13.8. The summed E-state index contributed by atoms with van der Waals surface area (Å²) in [4.78, 5) is 25.6. The number of ether oxygens (including phenoxy) is 1. The van der Waals surface area contributed by atoms with Crippen LogP contribution >= 0.6 is 0 Å². The third-order valence-electron chi connectivity index (χ3n) is 4.79. The van der Waals surface area contributed by atoms with Gasteiger partial charge in [0.2, 0.25) is 10.0 Å². The van der Waals surface area contributed by atoms with Crippen molar-refractivity contribution in [2.75, 3.05) is 39.0 Å². The van der Waals surface area contributed by atoms with Crippen LogP contribution < -0.4 is 0 Å². The number of hydrogen-bond acceptors (Lipinski definition) is 6. The number of rotatable bonds is 7. The van der Waals surface area contributed by atoms with E-state index in [2.05, 4.69) is 0 Å². The second-order valence-electron chi connectivity index (χ2n) is 6.95. The van der Waals surface area contributed by atoms with Crippen LogP contribution in [0, 0.1) is 5.82 Å². The Morgan fingerprint density at radius 1 is 1.10 bits per heavy atom. The molecule has 1 saturated heterocycles. The van der Waals surface area contributed by atoms with Crippen LogP contribution in [0.2, 0.25) is 0 Å². The molecule has 1 aliphatic rings. The SMILES string of the molecule is CS(=O)(=O)N1CCN(C(=O)COC(=O)CCc2ccc(-c3ccccc3F)o2)CC1. The molecule has 8 nitrogen and oxygen atoms in total. The largest absolute Gasteiger partial charge is 0.461 e. The van der Waals surface area contributed by atoms with E-state index >= 15 is 0 Å². The number of amides is 1. The maximum absolute atomic E-state index is 13.8. The zero-order chi connectivity index (χ0) is 21.7. The molecule has 0 atom stereocenters. The number of esters is 1. The van der Waals surface area contributed by atoms with Crippen LogP contribution in [-0.2, 0) is 30.8 Å². The summed E-state index contributed by atoms with van der Waals surface area (Å²) in [5.74, 6) is -0.430. The van der Waals surface area contributed by atoms with Crippen LogP contribution in [0.3, 0.4) is 0 Å². The molecule has 1 aromatic carbocycles. The van der Waals surface area contributed by atoms with Gasteiger partial charge in [0, 0.05) is 32.6 Å². The third kappa shape index (κ3) is 5.67. The van der Waals surface area contributed by atoms with Crippen LogP contribution in [-0.4, -0.2) is 68.5 Å². The van der Waals surface area contributed by atoms with Crippen LogP contribution in [0.4, 0.5) is 4.39 Å². The first-order chi connectivity index (χ1) is 14.2. The van der Waals surface area contributed by atoms with Crippen molar-refractivity contribution in [1.29, 1.82) is 0 Å². The summed E-state index contributed by atoms with van der Waals surface area (Å²) in [6.07, 6.45) is 1.40. The Bertz CT molecular complexity index is 1010. The van der Waals surface area contributed by atoms with Gasteiger partial charge in [0.05, 0.1) is 18.2 Å². The number of benzene rings is 1. The zero-order valence-electron chi connectivity index (χ0n) is 16.5. The number of piperazine rings is 1. The number of carbonyl (C=O) groups is 2. The third-order valence-corrected chi connectivity index (χ3v) is 6.10. The maximum Gasteiger partial charge on any atom is 0.306 e. The lowest BCUT2D eigenvalue weighted by molar-refractivity contribution is -0.152. The van der Waals surface area contributed by atoms with E-state index in [1.807, 2.05) is 0 Å². The van der Waals surface area contributed by atoms with Gasteiger partial charge in [0.1, 0.15) is 17.3 Å². The minimum atomic E-state index is -3.27. The average molecular weight is 438 g/mol. The number of nitrogens with zero attached hydrogens (tertiary/aromatic N) is 2. The molecule has 1 amide bonds. The van der Waals surface area contributed by atoms with Crippen LogP contribution in [0.15, 0.2) is 40.8 Å². The van der Waals surface area contributed by atoms with E-state index in [4.69, 9.17) is 9.15 Å². The molecule has 0 bridgehead atoms. The second-order valence-corrected chi connectivity index (χ2v) is 8.93. The van der Waals surface area contributed by atoms with E-state index < -0.39 is 28.4 Å². The van der Waals surface area contributed by atoms with Gasteiger partial charge in [0.15, 0.2) is 6.61 Å². The predicted octanol–water partition coefficient (Wildman–Crippen LogP) is 1.67. The van der Waals surface area contributed by atoms with Crippen molar-refractivity contribution in [3.05, 3.63) is 48.0 Å². The first-order valence-electron chi connectivity index (χ1n) is 9.46. The highest BCUT2D eigenvalue weighted by atomic mass is 32.2. The number of carbonyl (C=O) groups excluding carboxylic acids is 2. The van der Waals surface area contributed by atoms with Crippen molar-refractivity contribution in [2.24, 2.45) is 0 Å². The standard InChI is InChI=1S/C20H23FN2O6S/c1-30(26,27)23-12-10-22(11-13-23)19(24)14-28-20(25)9-7-15-6-8-18(29-15)16-4-2-3-5-17(16)21/h2-6,8H,7,9-14H2,1H3. The van der Waals surface area contributed by atoms with E-state index in [1.54, 1.807) is 30.3 Å². The molecule has 162 valence electrons. The summed E-state index contributed by atoms with van der Waals surface area (Å²) in [7, 11) is -3.27. The van der Waals surface area contributed by atoms with Gasteiger partial charge in [-0.3, -0.25) is 9.59 Å². The quantitative estimate of drug-likeness (QED) is 0.610. The topological polar surface area (TPSA) is 97.1 Å². The molecule has 0 N–H and O–H groups in total. The van der Waals surface area contributed by atoms with Crippen LogP contribution in [0.25, 0.3) is 11.3 Å². The minimum Gasteiger partial charge on any atom is -0.461 e. The predicted molar refractivity (Wildman–Crippen MR) is 106 cm³/mol. The lowest BCUT2D eigenvalue weighted by Gasteiger charge is -2.33. The van der Waals surface area contributed by atoms with Crippen molar-refractivity contribution in [3.8, 4) is 11.3 Å². The lowest BCUT2D eigenvalue weighted by atomic mass is 10.1. The molecule has 0 aliphatic carbocycles. The minimum absolute atomic E-state index is 0.0133. The fraction of sp³-hybridized carbons (Fsp3) is 0.400. The van der Waals surface area contributed by atoms with Gasteiger partial charge in [-0.15, -0.1) is 0 Å². The van der Waals surface area contributed by atoms with Gasteiger partial charge < -0.3 is 14.1 Å². The van der Waals surface area contributed by atoms with Crippen molar-refractivity contribution in [2.45, 2.75) is 12.8 Å². The molecule has 2 heterocycles. The monoisotopic (exact) mass is 438 g/mol. The number of halogens is 1. The molecule has 1 aromatic heterocycles. The Morgan fingerprint density at radius 3 is 2.47 bits per heavy atom. The normalized spacial score (nSPS) is 15.2. The number of sulfonamides is 1. The van der Waals surface area contributed by atoms with Gasteiger partial charge in [-0.25, -0.2) is 12.8 Å². The van der Waals surface area contributed by atoms with Crippen molar-refractivity contribution < 1.29 is 31.6 Å². The smallest absolute Gasteiger partial charge is 0.306 e. The van der Waals surface area contributed by atoms with E-state index in [1.165, 1.54) is 15.3 Å². The van der Waals surface area contributed by atoms with Gasteiger partial charge in [-0.2, -0.15) is 4.31 Å². The molecule has 0 saturated carbocycles. The van der Waals surface area contributed by atoms with Crippen molar-refractivity contribution in [3.63, 3.8) is 0 Å². The molecular weight excluding hydrogens is 415 g/mol. The van der Waals surface area contributed by atoms with Gasteiger partial charge in [0.25, 0.3) is 5.91 Å². The van der Waals surface area contributed by atoms with Crippen LogP contribution in [0.5, 0.6) is 0 Å². The summed E-state index contributed by atoms with van der Waals surface area (Å²) >= 11 is 0. The summed E-state index contributed by atoms with van der Waals surface area (Å²) in [6, 6.07) is 9.54. The number of hydrogen-bond donors (Lipinski definition) is 0. The van der Waals surface area contributed by atoms with E-state index in [9.17, 15) is 22.4 Å². The van der Waals surface area contributed by atoms with Crippen molar-refractivity contribution >= 4 is 21.9 Å². The van der Waals surface area contributed by atoms with Gasteiger partial charge in [-0.1, -0.05) is 12.1 Å². The number of furan rings is 1. The highest BCUT2D eigenvalue weighted by Gasteiger charge is 2.26. The molecule has 0 spiro atoms. The molecule has 30 heavy (non-hydrogen) atoms. The first-order valence-corrected chi connectivity index (χ1v) is 11.3. The van der Waals surface area contributed by atoms with Gasteiger partial charge in [-0.05, 0) is 24.3 Å². The number of aryl methyl sites for hydroxylation is 1. The zero-order valence-corrected chi connectivity index (χ0v) is 17.4. The molecule has 1 fully saturated rings. The highest BCUT2D eigenvalue weighted by Crippen LogP contribution is 2.25. The molecule has 2 aromatic rings. The van der Waals surface area contributed by atoms with Gasteiger partial charge >= 0.3 is 5.97 Å². The Hall–Kier alpha value is -2.72. The van der Waals surface area contributed by atoms with E-state index in [0.717, 1.165) is 6.26 Å². The molecular formula is C20H23FN2O6S. The second kappa shape index (κ2) is 9.40. The van der Waals surface area contributed by atoms with Crippen molar-refractivity contribution in [1.82, 2.24) is 9.21 Å². The summed E-state index contributed by atoms with van der Waals surface area (Å²) in [5, 5.41) is 0. The average Bonchev–Trinajstić information content (AvgIpc) is 3.19. The summed E-state index contributed by atoms with van der Waals surface area (Å²) in [6.45, 7) is 0.572. The Kier molecular flexibility index (Phi) is 6.88.